The van der Waals surface area contributed by atoms with E-state index >= 15 is 0 Å². The number of allylic oxidation sites excluding steroid dienone is 1. The van der Waals surface area contributed by atoms with Crippen molar-refractivity contribution in [3.63, 3.8) is 0 Å². The van der Waals surface area contributed by atoms with Crippen LogP contribution in [0.5, 0.6) is 0 Å². The van der Waals surface area contributed by atoms with Crippen molar-refractivity contribution in [3.05, 3.63) is 11.6 Å². The molecular weight excluding hydrogens is 168 g/mol. The molecule has 0 heterocycles. The van der Waals surface area contributed by atoms with Crippen molar-refractivity contribution in [3.8, 4) is 0 Å². The van der Waals surface area contributed by atoms with Crippen LogP contribution in [-0.4, -0.2) is 23.8 Å². The fraction of sp³-hybridized carbons (Fsp3) is 0.700. The fourth-order valence-electron chi connectivity index (χ4n) is 1.69. The summed E-state index contributed by atoms with van der Waals surface area (Å²) in [6, 6.07) is 0. The third kappa shape index (κ3) is 1.91. The molecule has 0 fully saturated rings. The predicted molar refractivity (Wildman–Crippen MR) is 49.1 cm³/mol. The SMILES string of the molecule is COC(=O)C(C)C1(O)C=C(C)CC1. The van der Waals surface area contributed by atoms with Crippen molar-refractivity contribution >= 4 is 5.97 Å². The Hall–Kier alpha value is -0.830. The molecule has 3 heteroatoms. The number of carbonyl (C=O) groups excluding carboxylic acids is 1. The largest absolute Gasteiger partial charge is 0.469 e. The van der Waals surface area contributed by atoms with Crippen LogP contribution in [0.15, 0.2) is 11.6 Å². The van der Waals surface area contributed by atoms with E-state index in [-0.39, 0.29) is 5.97 Å². The van der Waals surface area contributed by atoms with E-state index in [9.17, 15) is 9.90 Å². The summed E-state index contributed by atoms with van der Waals surface area (Å²) >= 11 is 0. The summed E-state index contributed by atoms with van der Waals surface area (Å²) in [4.78, 5) is 11.2. The summed E-state index contributed by atoms with van der Waals surface area (Å²) in [7, 11) is 1.34. The molecule has 0 aromatic rings. The molecule has 1 N–H and O–H groups in total. The molecule has 74 valence electrons. The van der Waals surface area contributed by atoms with Gasteiger partial charge in [0.15, 0.2) is 0 Å². The minimum atomic E-state index is -0.989. The number of carbonyl (C=O) groups is 1. The number of rotatable bonds is 2. The third-order valence-electron chi connectivity index (χ3n) is 2.72. The van der Waals surface area contributed by atoms with Gasteiger partial charge >= 0.3 is 5.97 Å². The second-order valence-corrected chi connectivity index (χ2v) is 3.73. The molecule has 1 aliphatic carbocycles. The maximum absolute atomic E-state index is 11.2. The molecular formula is C10H16O3. The van der Waals surface area contributed by atoms with E-state index in [0.29, 0.717) is 6.42 Å². The molecule has 0 saturated carbocycles. The smallest absolute Gasteiger partial charge is 0.311 e. The minimum absolute atomic E-state index is 0.353. The number of esters is 1. The number of ether oxygens (including phenoxy) is 1. The number of methoxy groups -OCH3 is 1. The van der Waals surface area contributed by atoms with Crippen LogP contribution in [0.2, 0.25) is 0 Å². The zero-order chi connectivity index (χ0) is 10.1. The third-order valence-corrected chi connectivity index (χ3v) is 2.72. The van der Waals surface area contributed by atoms with Crippen LogP contribution < -0.4 is 0 Å². The van der Waals surface area contributed by atoms with Gasteiger partial charge in [-0.3, -0.25) is 4.79 Å². The summed E-state index contributed by atoms with van der Waals surface area (Å²) in [5, 5.41) is 10.1. The van der Waals surface area contributed by atoms with Crippen LogP contribution in [0.3, 0.4) is 0 Å². The molecule has 1 aliphatic rings. The highest BCUT2D eigenvalue weighted by Gasteiger charge is 2.39. The average molecular weight is 184 g/mol. The van der Waals surface area contributed by atoms with Crippen LogP contribution in [0, 0.1) is 5.92 Å². The minimum Gasteiger partial charge on any atom is -0.469 e. The summed E-state index contributed by atoms with van der Waals surface area (Å²) in [6.07, 6.45) is 3.25. The van der Waals surface area contributed by atoms with E-state index in [1.165, 1.54) is 7.11 Å². The van der Waals surface area contributed by atoms with Gasteiger partial charge in [0.1, 0.15) is 0 Å². The van der Waals surface area contributed by atoms with Crippen molar-refractivity contribution in [2.75, 3.05) is 7.11 Å². The van der Waals surface area contributed by atoms with E-state index in [0.717, 1.165) is 12.0 Å². The lowest BCUT2D eigenvalue weighted by Crippen LogP contribution is -2.37. The molecule has 2 unspecified atom stereocenters. The Bertz CT molecular complexity index is 245. The van der Waals surface area contributed by atoms with Crippen LogP contribution in [0.4, 0.5) is 0 Å². The normalized spacial score (nSPS) is 29.7. The van der Waals surface area contributed by atoms with Crippen molar-refractivity contribution in [2.45, 2.75) is 32.3 Å². The molecule has 0 aromatic heterocycles. The second-order valence-electron chi connectivity index (χ2n) is 3.73. The predicted octanol–water partition coefficient (Wildman–Crippen LogP) is 1.27. The maximum Gasteiger partial charge on any atom is 0.311 e. The zero-order valence-corrected chi connectivity index (χ0v) is 8.33. The lowest BCUT2D eigenvalue weighted by Gasteiger charge is -2.25. The Morgan fingerprint density at radius 3 is 2.77 bits per heavy atom. The van der Waals surface area contributed by atoms with Crippen molar-refractivity contribution in [1.29, 1.82) is 0 Å². The Kier molecular flexibility index (Phi) is 2.76. The van der Waals surface area contributed by atoms with Gasteiger partial charge in [-0.1, -0.05) is 11.6 Å². The summed E-state index contributed by atoms with van der Waals surface area (Å²) in [5.41, 5.74) is 0.148. The van der Waals surface area contributed by atoms with Gasteiger partial charge in [0.2, 0.25) is 0 Å². The summed E-state index contributed by atoms with van der Waals surface area (Å²) < 4.78 is 4.60. The van der Waals surface area contributed by atoms with Gasteiger partial charge in [0, 0.05) is 0 Å². The van der Waals surface area contributed by atoms with E-state index < -0.39 is 11.5 Å². The van der Waals surface area contributed by atoms with Crippen molar-refractivity contribution < 1.29 is 14.6 Å². The Labute approximate surface area is 78.4 Å². The van der Waals surface area contributed by atoms with Gasteiger partial charge in [-0.05, 0) is 26.7 Å². The molecule has 0 aliphatic heterocycles. The topological polar surface area (TPSA) is 46.5 Å². The Balaban J connectivity index is 2.76. The number of hydrogen-bond donors (Lipinski definition) is 1. The van der Waals surface area contributed by atoms with Gasteiger partial charge < -0.3 is 9.84 Å². The standard InChI is InChI=1S/C10H16O3/c1-7-4-5-10(12,6-7)8(2)9(11)13-3/h6,8,12H,4-5H2,1-3H3. The van der Waals surface area contributed by atoms with Crippen LogP contribution in [0.1, 0.15) is 26.7 Å². The highest BCUT2D eigenvalue weighted by atomic mass is 16.5. The van der Waals surface area contributed by atoms with E-state index in [1.54, 1.807) is 13.0 Å². The Morgan fingerprint density at radius 1 is 1.77 bits per heavy atom. The van der Waals surface area contributed by atoms with Crippen molar-refractivity contribution in [2.24, 2.45) is 5.92 Å². The first kappa shape index (κ1) is 10.3. The first-order chi connectivity index (χ1) is 5.99. The van der Waals surface area contributed by atoms with E-state index in [1.807, 2.05) is 6.92 Å². The molecule has 0 spiro atoms. The first-order valence-corrected chi connectivity index (χ1v) is 4.48. The van der Waals surface area contributed by atoms with Crippen LogP contribution in [0.25, 0.3) is 0 Å². The zero-order valence-electron chi connectivity index (χ0n) is 8.33. The molecule has 0 aromatic carbocycles. The number of hydrogen-bond acceptors (Lipinski definition) is 3. The van der Waals surface area contributed by atoms with E-state index in [4.69, 9.17) is 0 Å². The van der Waals surface area contributed by atoms with Gasteiger partial charge in [0.05, 0.1) is 18.6 Å². The van der Waals surface area contributed by atoms with Gasteiger partial charge in [0.25, 0.3) is 0 Å². The summed E-state index contributed by atoms with van der Waals surface area (Å²) in [6.45, 7) is 3.66. The first-order valence-electron chi connectivity index (χ1n) is 4.48. The Morgan fingerprint density at radius 2 is 2.38 bits per heavy atom. The van der Waals surface area contributed by atoms with Gasteiger partial charge in [-0.15, -0.1) is 0 Å². The maximum atomic E-state index is 11.2. The van der Waals surface area contributed by atoms with E-state index in [2.05, 4.69) is 4.74 Å². The molecule has 0 radical (unpaired) electrons. The van der Waals surface area contributed by atoms with Gasteiger partial charge in [-0.25, -0.2) is 0 Å². The molecule has 3 nitrogen and oxygen atoms in total. The van der Waals surface area contributed by atoms with Gasteiger partial charge in [-0.2, -0.15) is 0 Å². The highest BCUT2D eigenvalue weighted by Crippen LogP contribution is 2.34. The fourth-order valence-corrected chi connectivity index (χ4v) is 1.69. The molecule has 1 rings (SSSR count). The van der Waals surface area contributed by atoms with Crippen LogP contribution >= 0.6 is 0 Å². The lowest BCUT2D eigenvalue weighted by molar-refractivity contribution is -0.151. The van der Waals surface area contributed by atoms with Crippen LogP contribution in [-0.2, 0) is 9.53 Å². The molecule has 0 saturated heterocycles. The van der Waals surface area contributed by atoms with Crippen molar-refractivity contribution in [1.82, 2.24) is 0 Å². The molecule has 0 bridgehead atoms. The lowest BCUT2D eigenvalue weighted by atomic mass is 9.88. The highest BCUT2D eigenvalue weighted by molar-refractivity contribution is 5.74. The summed E-state index contributed by atoms with van der Waals surface area (Å²) in [5.74, 6) is -0.830. The number of aliphatic hydroxyl groups is 1. The molecule has 2 atom stereocenters. The molecule has 0 amide bonds. The second kappa shape index (κ2) is 3.50. The monoisotopic (exact) mass is 184 g/mol. The molecule has 13 heavy (non-hydrogen) atoms. The average Bonchev–Trinajstić information content (AvgIpc) is 2.45. The quantitative estimate of drug-likeness (QED) is 0.519.